The number of sulfonamides is 1. The van der Waals surface area contributed by atoms with Crippen LogP contribution in [-0.4, -0.2) is 31.7 Å². The van der Waals surface area contributed by atoms with Crippen molar-refractivity contribution in [3.63, 3.8) is 0 Å². The number of hydrogen-bond acceptors (Lipinski definition) is 4. The summed E-state index contributed by atoms with van der Waals surface area (Å²) in [5.74, 6) is -1.38. The van der Waals surface area contributed by atoms with Gasteiger partial charge in [-0.25, -0.2) is 12.8 Å². The van der Waals surface area contributed by atoms with Crippen LogP contribution in [0.5, 0.6) is 0 Å². The Bertz CT molecular complexity index is 1010. The lowest BCUT2D eigenvalue weighted by atomic mass is 10.1. The topological polar surface area (TPSA) is 90.3 Å². The molecule has 9 heteroatoms. The number of nitriles is 1. The maximum atomic E-state index is 13.4. The first-order valence-electron chi connectivity index (χ1n) is 8.05. The fourth-order valence-corrected chi connectivity index (χ4v) is 4.13. The summed E-state index contributed by atoms with van der Waals surface area (Å²) in [4.78, 5) is 12.5. The van der Waals surface area contributed by atoms with E-state index in [4.69, 9.17) is 16.9 Å². The Balaban J connectivity index is 2.39. The fraction of sp³-hybridized carbons (Fsp3) is 0.222. The molecule has 0 spiro atoms. The molecule has 2 aromatic carbocycles. The van der Waals surface area contributed by atoms with Gasteiger partial charge in [0.05, 0.1) is 21.0 Å². The minimum Gasteiger partial charge on any atom is -0.322 e. The van der Waals surface area contributed by atoms with E-state index in [0.29, 0.717) is 0 Å². The molecular weight excluding hydrogens is 393 g/mol. The van der Waals surface area contributed by atoms with Crippen LogP contribution in [-0.2, 0) is 10.0 Å². The predicted molar refractivity (Wildman–Crippen MR) is 101 cm³/mol. The summed E-state index contributed by atoms with van der Waals surface area (Å²) < 4.78 is 39.9. The second kappa shape index (κ2) is 8.48. The molecule has 0 fully saturated rings. The van der Waals surface area contributed by atoms with E-state index in [1.54, 1.807) is 19.9 Å². The summed E-state index contributed by atoms with van der Waals surface area (Å²) in [6.45, 7) is 4.00. The van der Waals surface area contributed by atoms with Crippen LogP contribution in [0.2, 0.25) is 5.02 Å². The second-order valence-electron chi connectivity index (χ2n) is 5.49. The van der Waals surface area contributed by atoms with E-state index in [-0.39, 0.29) is 39.8 Å². The zero-order chi connectivity index (χ0) is 20.2. The molecule has 0 heterocycles. The van der Waals surface area contributed by atoms with E-state index in [1.807, 2.05) is 0 Å². The highest BCUT2D eigenvalue weighted by atomic mass is 35.5. The van der Waals surface area contributed by atoms with Crippen LogP contribution in [0.1, 0.15) is 29.8 Å². The lowest BCUT2D eigenvalue weighted by Crippen LogP contribution is -2.30. The Kier molecular flexibility index (Phi) is 6.54. The lowest BCUT2D eigenvalue weighted by molar-refractivity contribution is 0.102. The predicted octanol–water partition coefficient (Wildman–Crippen LogP) is 3.63. The van der Waals surface area contributed by atoms with Crippen molar-refractivity contribution < 1.29 is 17.6 Å². The standard InChI is InChI=1S/C18H17ClFN3O3S/c1-3-23(4-2)27(25,26)14-6-7-16(19)15(10-14)18(24)22-13-5-8-17(20)12(9-13)11-21/h5-10H,3-4H2,1-2H3,(H,22,24). The molecule has 0 aliphatic heterocycles. The van der Waals surface area contributed by atoms with Gasteiger partial charge in [0.2, 0.25) is 10.0 Å². The van der Waals surface area contributed by atoms with Gasteiger partial charge < -0.3 is 5.32 Å². The zero-order valence-corrected chi connectivity index (χ0v) is 16.2. The zero-order valence-electron chi connectivity index (χ0n) is 14.7. The first-order valence-corrected chi connectivity index (χ1v) is 9.87. The van der Waals surface area contributed by atoms with E-state index in [2.05, 4.69) is 5.32 Å². The number of amides is 1. The van der Waals surface area contributed by atoms with E-state index in [1.165, 1.54) is 34.6 Å². The van der Waals surface area contributed by atoms with Gasteiger partial charge in [0.25, 0.3) is 5.91 Å². The molecule has 0 radical (unpaired) electrons. The number of nitrogens with one attached hydrogen (secondary N) is 1. The van der Waals surface area contributed by atoms with Crippen LogP contribution >= 0.6 is 11.6 Å². The first-order chi connectivity index (χ1) is 12.7. The van der Waals surface area contributed by atoms with Crippen LogP contribution in [0.3, 0.4) is 0 Å². The van der Waals surface area contributed by atoms with Gasteiger partial charge in [-0.2, -0.15) is 9.57 Å². The number of carbonyl (C=O) groups excluding carboxylic acids is 1. The molecule has 1 N–H and O–H groups in total. The van der Waals surface area contributed by atoms with Crippen molar-refractivity contribution in [1.29, 1.82) is 5.26 Å². The Labute approximate surface area is 162 Å². The average molecular weight is 410 g/mol. The SMILES string of the molecule is CCN(CC)S(=O)(=O)c1ccc(Cl)c(C(=O)Nc2ccc(F)c(C#N)c2)c1. The Hall–Kier alpha value is -2.47. The van der Waals surface area contributed by atoms with Crippen LogP contribution in [0.4, 0.5) is 10.1 Å². The number of carbonyl (C=O) groups is 1. The average Bonchev–Trinajstić information content (AvgIpc) is 2.64. The van der Waals surface area contributed by atoms with Crippen LogP contribution < -0.4 is 5.32 Å². The molecule has 27 heavy (non-hydrogen) atoms. The van der Waals surface area contributed by atoms with Crippen molar-refractivity contribution in [3.8, 4) is 6.07 Å². The van der Waals surface area contributed by atoms with Gasteiger partial charge in [0.1, 0.15) is 11.9 Å². The molecule has 1 amide bonds. The van der Waals surface area contributed by atoms with Crippen LogP contribution in [0.15, 0.2) is 41.3 Å². The third-order valence-corrected chi connectivity index (χ3v) is 6.25. The molecule has 0 unspecified atom stereocenters. The molecule has 2 aromatic rings. The van der Waals surface area contributed by atoms with Crippen molar-refractivity contribution in [2.45, 2.75) is 18.7 Å². The Morgan fingerprint density at radius 1 is 1.22 bits per heavy atom. The minimum atomic E-state index is -3.76. The quantitative estimate of drug-likeness (QED) is 0.788. The minimum absolute atomic E-state index is 0.0484. The van der Waals surface area contributed by atoms with Gasteiger partial charge in [0.15, 0.2) is 0 Å². The highest BCUT2D eigenvalue weighted by Crippen LogP contribution is 2.24. The monoisotopic (exact) mass is 409 g/mol. The molecule has 0 aliphatic rings. The van der Waals surface area contributed by atoms with Crippen molar-refractivity contribution in [2.75, 3.05) is 18.4 Å². The number of anilines is 1. The summed E-state index contributed by atoms with van der Waals surface area (Å²) in [5, 5.41) is 11.4. The smallest absolute Gasteiger partial charge is 0.257 e. The third kappa shape index (κ3) is 4.45. The van der Waals surface area contributed by atoms with E-state index in [9.17, 15) is 17.6 Å². The number of nitrogens with zero attached hydrogens (tertiary/aromatic N) is 2. The Morgan fingerprint density at radius 3 is 2.48 bits per heavy atom. The highest BCUT2D eigenvalue weighted by Gasteiger charge is 2.24. The molecule has 0 bridgehead atoms. The summed E-state index contributed by atoms with van der Waals surface area (Å²) in [6, 6.07) is 9.06. The van der Waals surface area contributed by atoms with Gasteiger partial charge in [-0.3, -0.25) is 4.79 Å². The van der Waals surface area contributed by atoms with Crippen molar-refractivity contribution in [3.05, 3.63) is 58.4 Å². The molecule has 0 atom stereocenters. The molecule has 0 aliphatic carbocycles. The van der Waals surface area contributed by atoms with Crippen LogP contribution in [0.25, 0.3) is 0 Å². The fourth-order valence-electron chi connectivity index (χ4n) is 2.44. The van der Waals surface area contributed by atoms with E-state index >= 15 is 0 Å². The van der Waals surface area contributed by atoms with Crippen molar-refractivity contribution in [2.24, 2.45) is 0 Å². The molecule has 0 aromatic heterocycles. The molecule has 0 saturated heterocycles. The maximum Gasteiger partial charge on any atom is 0.257 e. The van der Waals surface area contributed by atoms with Crippen LogP contribution in [0, 0.1) is 17.1 Å². The molecule has 142 valence electrons. The molecule has 0 saturated carbocycles. The van der Waals surface area contributed by atoms with Gasteiger partial charge >= 0.3 is 0 Å². The molecule has 2 rings (SSSR count). The summed E-state index contributed by atoms with van der Waals surface area (Å²) in [6.07, 6.45) is 0. The normalized spacial score (nSPS) is 11.3. The van der Waals surface area contributed by atoms with Crippen molar-refractivity contribution in [1.82, 2.24) is 4.31 Å². The van der Waals surface area contributed by atoms with Gasteiger partial charge in [-0.1, -0.05) is 25.4 Å². The van der Waals surface area contributed by atoms with Gasteiger partial charge in [0, 0.05) is 18.8 Å². The van der Waals surface area contributed by atoms with Crippen molar-refractivity contribution >= 4 is 33.2 Å². The van der Waals surface area contributed by atoms with E-state index in [0.717, 1.165) is 6.07 Å². The summed E-state index contributed by atoms with van der Waals surface area (Å²) in [7, 11) is -3.76. The third-order valence-electron chi connectivity index (χ3n) is 3.87. The maximum absolute atomic E-state index is 13.4. The van der Waals surface area contributed by atoms with Gasteiger partial charge in [-0.05, 0) is 36.4 Å². The highest BCUT2D eigenvalue weighted by molar-refractivity contribution is 7.89. The van der Waals surface area contributed by atoms with Gasteiger partial charge in [-0.15, -0.1) is 0 Å². The lowest BCUT2D eigenvalue weighted by Gasteiger charge is -2.19. The number of rotatable bonds is 6. The second-order valence-corrected chi connectivity index (χ2v) is 7.84. The number of halogens is 2. The molecule has 6 nitrogen and oxygen atoms in total. The Morgan fingerprint density at radius 2 is 1.89 bits per heavy atom. The molecular formula is C18H17ClFN3O3S. The number of hydrogen-bond donors (Lipinski definition) is 1. The van der Waals surface area contributed by atoms with E-state index < -0.39 is 21.7 Å². The largest absolute Gasteiger partial charge is 0.322 e. The first kappa shape index (κ1) is 20.8. The number of benzene rings is 2. The summed E-state index contributed by atoms with van der Waals surface area (Å²) in [5.41, 5.74) is -0.0875. The summed E-state index contributed by atoms with van der Waals surface area (Å²) >= 11 is 6.06.